The lowest BCUT2D eigenvalue weighted by atomic mass is 10.2. The highest BCUT2D eigenvalue weighted by Crippen LogP contribution is 2.26. The number of rotatable bonds is 4. The minimum absolute atomic E-state index is 0.222. The lowest BCUT2D eigenvalue weighted by Crippen LogP contribution is -2.16. The summed E-state index contributed by atoms with van der Waals surface area (Å²) in [4.78, 5) is 10.8. The molecule has 1 amide bonds. The molecule has 5 nitrogen and oxygen atoms in total. The zero-order valence-electron chi connectivity index (χ0n) is 12.7. The maximum absolute atomic E-state index is 13.7. The van der Waals surface area contributed by atoms with Gasteiger partial charge >= 0.3 is 0 Å². The molecule has 2 aromatic carbocycles. The summed E-state index contributed by atoms with van der Waals surface area (Å²) in [6.07, 6.45) is 0. The van der Waals surface area contributed by atoms with Gasteiger partial charge in [0.1, 0.15) is 0 Å². The highest BCUT2D eigenvalue weighted by molar-refractivity contribution is 7.92. The Balaban J connectivity index is 2.44. The normalized spacial score (nSPS) is 11.2. The van der Waals surface area contributed by atoms with Gasteiger partial charge in [0.05, 0.1) is 10.6 Å². The molecule has 0 saturated heterocycles. The SMILES string of the molecule is CC(=O)Nc1ccc(C)c(S(=O)(=O)Nc2ccc(F)c(F)c2F)c1. The number of carbonyl (C=O) groups is 1. The predicted octanol–water partition coefficient (Wildman–Crippen LogP) is 3.17. The Kier molecular flexibility index (Phi) is 4.83. The zero-order valence-corrected chi connectivity index (χ0v) is 13.5. The van der Waals surface area contributed by atoms with E-state index in [1.54, 1.807) is 0 Å². The minimum atomic E-state index is -4.28. The van der Waals surface area contributed by atoms with E-state index in [1.165, 1.54) is 32.0 Å². The number of carbonyl (C=O) groups excluding carboxylic acids is 1. The molecule has 0 saturated carbocycles. The number of anilines is 2. The first-order valence-electron chi connectivity index (χ1n) is 6.66. The van der Waals surface area contributed by atoms with Crippen LogP contribution in [0.15, 0.2) is 35.2 Å². The molecule has 0 fully saturated rings. The Morgan fingerprint density at radius 2 is 1.71 bits per heavy atom. The number of halogens is 3. The van der Waals surface area contributed by atoms with E-state index in [1.807, 2.05) is 4.72 Å². The summed E-state index contributed by atoms with van der Waals surface area (Å²) in [5.41, 5.74) is -0.183. The van der Waals surface area contributed by atoms with Crippen molar-refractivity contribution in [3.05, 3.63) is 53.3 Å². The first-order chi connectivity index (χ1) is 11.1. The van der Waals surface area contributed by atoms with Crippen molar-refractivity contribution >= 4 is 27.3 Å². The van der Waals surface area contributed by atoms with Gasteiger partial charge < -0.3 is 5.32 Å². The summed E-state index contributed by atoms with van der Waals surface area (Å²) >= 11 is 0. The van der Waals surface area contributed by atoms with E-state index < -0.39 is 39.1 Å². The molecule has 0 heterocycles. The average Bonchev–Trinajstić information content (AvgIpc) is 2.49. The molecule has 9 heteroatoms. The van der Waals surface area contributed by atoms with Crippen LogP contribution in [-0.2, 0) is 14.8 Å². The van der Waals surface area contributed by atoms with Crippen LogP contribution in [0.5, 0.6) is 0 Å². The van der Waals surface area contributed by atoms with Gasteiger partial charge in [0.15, 0.2) is 17.5 Å². The Morgan fingerprint density at radius 1 is 1.04 bits per heavy atom. The molecule has 0 aliphatic rings. The molecule has 0 aliphatic carbocycles. The Morgan fingerprint density at radius 3 is 2.33 bits per heavy atom. The molecular formula is C15H13F3N2O3S. The smallest absolute Gasteiger partial charge is 0.262 e. The number of benzene rings is 2. The van der Waals surface area contributed by atoms with E-state index in [0.717, 1.165) is 6.07 Å². The average molecular weight is 358 g/mol. The number of aryl methyl sites for hydroxylation is 1. The van der Waals surface area contributed by atoms with Crippen LogP contribution in [0.4, 0.5) is 24.5 Å². The maximum Gasteiger partial charge on any atom is 0.262 e. The van der Waals surface area contributed by atoms with Crippen LogP contribution < -0.4 is 10.0 Å². The predicted molar refractivity (Wildman–Crippen MR) is 82.6 cm³/mol. The van der Waals surface area contributed by atoms with Gasteiger partial charge in [-0.3, -0.25) is 9.52 Å². The third-order valence-electron chi connectivity index (χ3n) is 3.08. The fraction of sp³-hybridized carbons (Fsp3) is 0.133. The van der Waals surface area contributed by atoms with E-state index in [-0.39, 0.29) is 10.6 Å². The quantitative estimate of drug-likeness (QED) is 0.825. The van der Waals surface area contributed by atoms with Gasteiger partial charge in [-0.15, -0.1) is 0 Å². The zero-order chi connectivity index (χ0) is 18.1. The van der Waals surface area contributed by atoms with Gasteiger partial charge in [-0.25, -0.2) is 21.6 Å². The fourth-order valence-electron chi connectivity index (χ4n) is 1.98. The molecule has 0 spiro atoms. The molecule has 0 aliphatic heterocycles. The van der Waals surface area contributed by atoms with Gasteiger partial charge in [0, 0.05) is 12.6 Å². The summed E-state index contributed by atoms with van der Waals surface area (Å²) in [5, 5.41) is 2.42. The van der Waals surface area contributed by atoms with Gasteiger partial charge in [-0.05, 0) is 36.8 Å². The molecule has 0 radical (unpaired) electrons. The first-order valence-corrected chi connectivity index (χ1v) is 8.14. The van der Waals surface area contributed by atoms with Gasteiger partial charge in [-0.2, -0.15) is 0 Å². The van der Waals surface area contributed by atoms with Gasteiger partial charge in [0.25, 0.3) is 10.0 Å². The summed E-state index contributed by atoms with van der Waals surface area (Å²) in [6.45, 7) is 2.75. The van der Waals surface area contributed by atoms with Crippen LogP contribution in [0, 0.1) is 24.4 Å². The number of amides is 1. The van der Waals surface area contributed by atoms with Crippen molar-refractivity contribution in [3.8, 4) is 0 Å². The van der Waals surface area contributed by atoms with Crippen LogP contribution in [0.1, 0.15) is 12.5 Å². The molecule has 0 bridgehead atoms. The van der Waals surface area contributed by atoms with Crippen molar-refractivity contribution < 1.29 is 26.4 Å². The largest absolute Gasteiger partial charge is 0.326 e. The summed E-state index contributed by atoms with van der Waals surface area (Å²) in [6, 6.07) is 5.50. The molecule has 0 atom stereocenters. The van der Waals surface area contributed by atoms with Crippen molar-refractivity contribution in [3.63, 3.8) is 0 Å². The van der Waals surface area contributed by atoms with Crippen molar-refractivity contribution in [2.75, 3.05) is 10.0 Å². The molecule has 24 heavy (non-hydrogen) atoms. The molecule has 128 valence electrons. The summed E-state index contributed by atoms with van der Waals surface area (Å²) < 4.78 is 66.5. The molecule has 0 aromatic heterocycles. The summed E-state index contributed by atoms with van der Waals surface area (Å²) in [5.74, 6) is -5.26. The second kappa shape index (κ2) is 6.52. The van der Waals surface area contributed by atoms with E-state index in [0.29, 0.717) is 11.6 Å². The first kappa shape index (κ1) is 17.8. The van der Waals surface area contributed by atoms with Crippen LogP contribution in [-0.4, -0.2) is 14.3 Å². The van der Waals surface area contributed by atoms with Gasteiger partial charge in [0.2, 0.25) is 5.91 Å². The topological polar surface area (TPSA) is 75.3 Å². The van der Waals surface area contributed by atoms with E-state index >= 15 is 0 Å². The Labute approximate surface area is 136 Å². The lowest BCUT2D eigenvalue weighted by molar-refractivity contribution is -0.114. The Hall–Kier alpha value is -2.55. The lowest BCUT2D eigenvalue weighted by Gasteiger charge is -2.13. The molecule has 2 aromatic rings. The molecule has 2 rings (SSSR count). The van der Waals surface area contributed by atoms with Crippen LogP contribution >= 0.6 is 0 Å². The highest BCUT2D eigenvalue weighted by atomic mass is 32.2. The van der Waals surface area contributed by atoms with E-state index in [4.69, 9.17) is 0 Å². The fourth-order valence-corrected chi connectivity index (χ4v) is 3.31. The van der Waals surface area contributed by atoms with Crippen molar-refractivity contribution in [2.24, 2.45) is 0 Å². The van der Waals surface area contributed by atoms with Crippen LogP contribution in [0.3, 0.4) is 0 Å². The maximum atomic E-state index is 13.7. The molecular weight excluding hydrogens is 345 g/mol. The van der Waals surface area contributed by atoms with Crippen LogP contribution in [0.2, 0.25) is 0 Å². The number of nitrogens with one attached hydrogen (secondary N) is 2. The van der Waals surface area contributed by atoms with Crippen molar-refractivity contribution in [2.45, 2.75) is 18.7 Å². The van der Waals surface area contributed by atoms with Gasteiger partial charge in [-0.1, -0.05) is 6.07 Å². The minimum Gasteiger partial charge on any atom is -0.326 e. The highest BCUT2D eigenvalue weighted by Gasteiger charge is 2.22. The Bertz CT molecular complexity index is 914. The number of hydrogen-bond donors (Lipinski definition) is 2. The molecule has 0 unspecified atom stereocenters. The standard InChI is InChI=1S/C15H13F3N2O3S/c1-8-3-4-10(19-9(2)21)7-13(8)24(22,23)20-12-6-5-11(16)14(17)15(12)18/h3-7,20H,1-2H3,(H,19,21). The van der Waals surface area contributed by atoms with Crippen LogP contribution in [0.25, 0.3) is 0 Å². The second-order valence-corrected chi connectivity index (χ2v) is 6.64. The summed E-state index contributed by atoms with van der Waals surface area (Å²) in [7, 11) is -4.28. The third kappa shape index (κ3) is 3.67. The third-order valence-corrected chi connectivity index (χ3v) is 4.59. The van der Waals surface area contributed by atoms with E-state index in [9.17, 15) is 26.4 Å². The number of sulfonamides is 1. The molecule has 2 N–H and O–H groups in total. The monoisotopic (exact) mass is 358 g/mol. The second-order valence-electron chi connectivity index (χ2n) is 4.99. The van der Waals surface area contributed by atoms with Crippen molar-refractivity contribution in [1.29, 1.82) is 0 Å². The number of hydrogen-bond acceptors (Lipinski definition) is 3. The van der Waals surface area contributed by atoms with Crippen molar-refractivity contribution in [1.82, 2.24) is 0 Å². The van der Waals surface area contributed by atoms with E-state index in [2.05, 4.69) is 5.32 Å².